The standard InChI is InChI=1S/C34H70O13/c1-3-5-7-9-35-11-13-37-15-17-39-19-21-41-23-25-43-27-29-45-31-33-47-34-32-46-30-28-44-26-24-42-22-20-40-18-16-38-14-12-36-10-8-6-4-2/h3-34H2,1-2H3. The van der Waals surface area contributed by atoms with Gasteiger partial charge in [-0.3, -0.25) is 0 Å². The number of ether oxygens (including phenoxy) is 13. The molecule has 284 valence electrons. The average molecular weight is 687 g/mol. The molecule has 0 unspecified atom stereocenters. The van der Waals surface area contributed by atoms with E-state index in [2.05, 4.69) is 13.8 Å². The molecular formula is C34H70O13. The molecule has 0 radical (unpaired) electrons. The van der Waals surface area contributed by atoms with Gasteiger partial charge in [0.25, 0.3) is 0 Å². The van der Waals surface area contributed by atoms with Gasteiger partial charge in [-0.15, -0.1) is 0 Å². The second-order valence-corrected chi connectivity index (χ2v) is 10.4. The molecule has 0 bridgehead atoms. The zero-order valence-electron chi connectivity index (χ0n) is 29.9. The Labute approximate surface area is 285 Å². The van der Waals surface area contributed by atoms with Crippen molar-refractivity contribution < 1.29 is 61.6 Å². The number of unbranched alkanes of at least 4 members (excludes halogenated alkanes) is 4. The average Bonchev–Trinajstić information content (AvgIpc) is 3.08. The second kappa shape index (κ2) is 45.5. The minimum atomic E-state index is 0.517. The van der Waals surface area contributed by atoms with E-state index in [1.54, 1.807) is 0 Å². The lowest BCUT2D eigenvalue weighted by Gasteiger charge is -2.09. The molecule has 0 amide bonds. The lowest BCUT2D eigenvalue weighted by atomic mass is 10.3. The van der Waals surface area contributed by atoms with Crippen molar-refractivity contribution in [2.45, 2.75) is 52.4 Å². The van der Waals surface area contributed by atoms with Crippen LogP contribution in [0.5, 0.6) is 0 Å². The summed E-state index contributed by atoms with van der Waals surface area (Å²) in [5, 5.41) is 0. The molecule has 0 fully saturated rings. The van der Waals surface area contributed by atoms with Crippen molar-refractivity contribution in [3.63, 3.8) is 0 Å². The maximum atomic E-state index is 5.49. The molecule has 0 aliphatic heterocycles. The van der Waals surface area contributed by atoms with Crippen LogP contribution in [-0.4, -0.2) is 172 Å². The molecule has 0 atom stereocenters. The Morgan fingerprint density at radius 2 is 0.298 bits per heavy atom. The first-order valence-electron chi connectivity index (χ1n) is 17.9. The number of hydrogen-bond donors (Lipinski definition) is 0. The summed E-state index contributed by atoms with van der Waals surface area (Å²) in [6.45, 7) is 19.2. The zero-order chi connectivity index (χ0) is 33.8. The van der Waals surface area contributed by atoms with E-state index in [4.69, 9.17) is 61.6 Å². The first kappa shape index (κ1) is 46.5. The third-order valence-corrected chi connectivity index (χ3v) is 6.25. The largest absolute Gasteiger partial charge is 0.379 e. The lowest BCUT2D eigenvalue weighted by Crippen LogP contribution is -2.15. The summed E-state index contributed by atoms with van der Waals surface area (Å²) in [5.41, 5.74) is 0. The van der Waals surface area contributed by atoms with Gasteiger partial charge in [-0.05, 0) is 12.8 Å². The Balaban J connectivity index is 3.03. The molecule has 13 nitrogen and oxygen atoms in total. The first-order chi connectivity index (χ1) is 23.4. The summed E-state index contributed by atoms with van der Waals surface area (Å²) in [5.74, 6) is 0. The van der Waals surface area contributed by atoms with Gasteiger partial charge < -0.3 is 61.6 Å². The van der Waals surface area contributed by atoms with Crippen molar-refractivity contribution in [1.29, 1.82) is 0 Å². The maximum Gasteiger partial charge on any atom is 0.0701 e. The van der Waals surface area contributed by atoms with Crippen LogP contribution in [0.15, 0.2) is 0 Å². The van der Waals surface area contributed by atoms with Crippen molar-refractivity contribution >= 4 is 0 Å². The van der Waals surface area contributed by atoms with Gasteiger partial charge in [0.2, 0.25) is 0 Å². The predicted molar refractivity (Wildman–Crippen MR) is 180 cm³/mol. The summed E-state index contributed by atoms with van der Waals surface area (Å²) in [4.78, 5) is 0. The SMILES string of the molecule is CCCCCOCCOCCOCCOCCOCCOCCOCCOCCOCCOCCOCCOCCOCCCCC. The van der Waals surface area contributed by atoms with Crippen LogP contribution < -0.4 is 0 Å². The van der Waals surface area contributed by atoms with E-state index in [0.29, 0.717) is 159 Å². The topological polar surface area (TPSA) is 120 Å². The molecule has 0 aliphatic rings. The first-order valence-corrected chi connectivity index (χ1v) is 17.9. The number of rotatable bonds is 44. The highest BCUT2D eigenvalue weighted by molar-refractivity contribution is 4.41. The van der Waals surface area contributed by atoms with E-state index in [1.807, 2.05) is 0 Å². The Kier molecular flexibility index (Phi) is 45.0. The fourth-order valence-corrected chi connectivity index (χ4v) is 3.65. The normalized spacial score (nSPS) is 11.6. The molecular weight excluding hydrogens is 616 g/mol. The highest BCUT2D eigenvalue weighted by Gasteiger charge is 1.97. The van der Waals surface area contributed by atoms with Crippen LogP contribution in [0.3, 0.4) is 0 Å². The molecule has 0 aromatic heterocycles. The molecule has 0 heterocycles. The third-order valence-electron chi connectivity index (χ3n) is 6.25. The van der Waals surface area contributed by atoms with Crippen molar-refractivity contribution in [1.82, 2.24) is 0 Å². The van der Waals surface area contributed by atoms with Crippen molar-refractivity contribution in [2.75, 3.05) is 172 Å². The third kappa shape index (κ3) is 45.5. The van der Waals surface area contributed by atoms with Crippen molar-refractivity contribution in [3.05, 3.63) is 0 Å². The van der Waals surface area contributed by atoms with Crippen LogP contribution >= 0.6 is 0 Å². The molecule has 0 aromatic carbocycles. The van der Waals surface area contributed by atoms with Crippen LogP contribution in [0.4, 0.5) is 0 Å². The number of hydrogen-bond acceptors (Lipinski definition) is 13. The second-order valence-electron chi connectivity index (χ2n) is 10.4. The van der Waals surface area contributed by atoms with Crippen LogP contribution in [0.2, 0.25) is 0 Å². The van der Waals surface area contributed by atoms with Crippen molar-refractivity contribution in [2.24, 2.45) is 0 Å². The highest BCUT2D eigenvalue weighted by Crippen LogP contribution is 1.95. The molecule has 47 heavy (non-hydrogen) atoms. The van der Waals surface area contributed by atoms with Gasteiger partial charge in [-0.25, -0.2) is 0 Å². The van der Waals surface area contributed by atoms with Gasteiger partial charge in [0, 0.05) is 13.2 Å². The summed E-state index contributed by atoms with van der Waals surface area (Å²) in [6, 6.07) is 0. The summed E-state index contributed by atoms with van der Waals surface area (Å²) in [7, 11) is 0. The monoisotopic (exact) mass is 686 g/mol. The van der Waals surface area contributed by atoms with Crippen LogP contribution in [-0.2, 0) is 61.6 Å². The Morgan fingerprint density at radius 3 is 0.426 bits per heavy atom. The van der Waals surface area contributed by atoms with Gasteiger partial charge in [0.1, 0.15) is 0 Å². The van der Waals surface area contributed by atoms with Crippen molar-refractivity contribution in [3.8, 4) is 0 Å². The molecule has 0 aromatic rings. The summed E-state index contributed by atoms with van der Waals surface area (Å²) in [6.07, 6.45) is 7.09. The summed E-state index contributed by atoms with van der Waals surface area (Å²) >= 11 is 0. The Bertz CT molecular complexity index is 490. The van der Waals surface area contributed by atoms with Gasteiger partial charge >= 0.3 is 0 Å². The molecule has 0 saturated heterocycles. The minimum absolute atomic E-state index is 0.517. The van der Waals surface area contributed by atoms with E-state index in [9.17, 15) is 0 Å². The predicted octanol–water partition coefficient (Wildman–Crippen LogP) is 3.58. The lowest BCUT2D eigenvalue weighted by molar-refractivity contribution is -0.0290. The van der Waals surface area contributed by atoms with Crippen LogP contribution in [0.1, 0.15) is 52.4 Å². The fourth-order valence-electron chi connectivity index (χ4n) is 3.65. The van der Waals surface area contributed by atoms with E-state index < -0.39 is 0 Å². The molecule has 0 spiro atoms. The van der Waals surface area contributed by atoms with E-state index >= 15 is 0 Å². The van der Waals surface area contributed by atoms with Crippen LogP contribution in [0.25, 0.3) is 0 Å². The van der Waals surface area contributed by atoms with Gasteiger partial charge in [-0.1, -0.05) is 39.5 Å². The Morgan fingerprint density at radius 1 is 0.170 bits per heavy atom. The maximum absolute atomic E-state index is 5.49. The smallest absolute Gasteiger partial charge is 0.0701 e. The van der Waals surface area contributed by atoms with Crippen LogP contribution in [0, 0.1) is 0 Å². The summed E-state index contributed by atoms with van der Waals surface area (Å²) < 4.78 is 71.3. The fraction of sp³-hybridized carbons (Fsp3) is 1.00. The molecule has 0 saturated carbocycles. The highest BCUT2D eigenvalue weighted by atomic mass is 16.6. The Hall–Kier alpha value is -0.520. The van der Waals surface area contributed by atoms with E-state index in [0.717, 1.165) is 26.1 Å². The van der Waals surface area contributed by atoms with Gasteiger partial charge in [-0.2, -0.15) is 0 Å². The van der Waals surface area contributed by atoms with E-state index in [-0.39, 0.29) is 0 Å². The zero-order valence-corrected chi connectivity index (χ0v) is 29.9. The molecule has 0 aliphatic carbocycles. The van der Waals surface area contributed by atoms with E-state index in [1.165, 1.54) is 25.7 Å². The van der Waals surface area contributed by atoms with Gasteiger partial charge in [0.05, 0.1) is 159 Å². The van der Waals surface area contributed by atoms with Gasteiger partial charge in [0.15, 0.2) is 0 Å². The molecule has 13 heteroatoms. The molecule has 0 rings (SSSR count). The quantitative estimate of drug-likeness (QED) is 0.0870. The molecule has 0 N–H and O–H groups in total. The minimum Gasteiger partial charge on any atom is -0.379 e.